The minimum absolute atomic E-state index is 0.103. The second-order valence-electron chi connectivity index (χ2n) is 6.94. The molecule has 2 aliphatic rings. The lowest BCUT2D eigenvalue weighted by Gasteiger charge is -2.21. The van der Waals surface area contributed by atoms with Gasteiger partial charge in [0.2, 0.25) is 0 Å². The highest BCUT2D eigenvalue weighted by atomic mass is 35.5. The standard InChI is InChI=1S/C21H17Cl2FO5S/c22-13-5-1-11(2-6-13)20(25)28-10-16-18(17(24)19(30-16)15-9-27-15)29-21(26)12-3-7-14(23)8-4-12/h1-8,15-19H,9-10H2/t15?,16-,17+,18-,19?/m1/s1. The molecule has 2 unspecified atom stereocenters. The third-order valence-electron chi connectivity index (χ3n) is 4.83. The van der Waals surface area contributed by atoms with E-state index < -0.39 is 34.7 Å². The van der Waals surface area contributed by atoms with E-state index in [9.17, 15) is 9.59 Å². The maximum Gasteiger partial charge on any atom is 0.338 e. The van der Waals surface area contributed by atoms with E-state index in [1.807, 2.05) is 0 Å². The molecular formula is C21H17Cl2FO5S. The van der Waals surface area contributed by atoms with Crippen LogP contribution < -0.4 is 0 Å². The van der Waals surface area contributed by atoms with Gasteiger partial charge in [0.25, 0.3) is 0 Å². The minimum atomic E-state index is -1.43. The Hall–Kier alpha value is -1.80. The summed E-state index contributed by atoms with van der Waals surface area (Å²) in [5, 5.41) is -0.0575. The third kappa shape index (κ3) is 4.91. The van der Waals surface area contributed by atoms with Crippen LogP contribution >= 0.6 is 35.0 Å². The maximum atomic E-state index is 15.1. The van der Waals surface area contributed by atoms with Crippen molar-refractivity contribution in [3.63, 3.8) is 0 Å². The molecule has 0 amide bonds. The molecule has 5 atom stereocenters. The van der Waals surface area contributed by atoms with Gasteiger partial charge in [-0.2, -0.15) is 0 Å². The van der Waals surface area contributed by atoms with Crippen LogP contribution in [0.15, 0.2) is 48.5 Å². The molecule has 0 N–H and O–H groups in total. The van der Waals surface area contributed by atoms with Gasteiger partial charge in [0.05, 0.1) is 34.3 Å². The van der Waals surface area contributed by atoms with Crippen LogP contribution in [0.25, 0.3) is 0 Å². The van der Waals surface area contributed by atoms with Crippen LogP contribution in [-0.4, -0.2) is 54.0 Å². The van der Waals surface area contributed by atoms with Gasteiger partial charge >= 0.3 is 11.9 Å². The quantitative estimate of drug-likeness (QED) is 0.454. The fourth-order valence-electron chi connectivity index (χ4n) is 3.16. The van der Waals surface area contributed by atoms with E-state index in [0.29, 0.717) is 22.2 Å². The first kappa shape index (κ1) is 21.4. The fraction of sp³-hybridized carbons (Fsp3) is 0.333. The summed E-state index contributed by atoms with van der Waals surface area (Å²) in [4.78, 5) is 24.8. The predicted octanol–water partition coefficient (Wildman–Crippen LogP) is 4.60. The number of hydrogen-bond acceptors (Lipinski definition) is 6. The van der Waals surface area contributed by atoms with Gasteiger partial charge in [0.1, 0.15) is 12.7 Å². The van der Waals surface area contributed by atoms with Gasteiger partial charge in [-0.05, 0) is 48.5 Å². The molecule has 2 aromatic carbocycles. The zero-order valence-corrected chi connectivity index (χ0v) is 17.8. The number of carbonyl (C=O) groups excluding carboxylic acids is 2. The Kier molecular flexibility index (Phi) is 6.53. The summed E-state index contributed by atoms with van der Waals surface area (Å²) in [7, 11) is 0. The minimum Gasteiger partial charge on any atom is -0.461 e. The van der Waals surface area contributed by atoms with E-state index >= 15 is 4.39 Å². The van der Waals surface area contributed by atoms with Gasteiger partial charge < -0.3 is 14.2 Å². The molecule has 2 saturated heterocycles. The monoisotopic (exact) mass is 470 g/mol. The van der Waals surface area contributed by atoms with Crippen LogP contribution in [0.5, 0.6) is 0 Å². The lowest BCUT2D eigenvalue weighted by molar-refractivity contribution is 0.000601. The lowest BCUT2D eigenvalue weighted by Crippen LogP contribution is -2.37. The van der Waals surface area contributed by atoms with E-state index in [1.54, 1.807) is 36.4 Å². The highest BCUT2D eigenvalue weighted by Gasteiger charge is 2.53. The molecule has 9 heteroatoms. The van der Waals surface area contributed by atoms with Gasteiger partial charge in [-0.3, -0.25) is 0 Å². The van der Waals surface area contributed by atoms with E-state index in [-0.39, 0.29) is 18.3 Å². The van der Waals surface area contributed by atoms with Crippen LogP contribution in [-0.2, 0) is 14.2 Å². The third-order valence-corrected chi connectivity index (χ3v) is 6.97. The van der Waals surface area contributed by atoms with Crippen molar-refractivity contribution >= 4 is 46.9 Å². The van der Waals surface area contributed by atoms with Gasteiger partial charge in [0.15, 0.2) is 6.17 Å². The molecule has 2 heterocycles. The van der Waals surface area contributed by atoms with E-state index in [4.69, 9.17) is 37.4 Å². The fourth-order valence-corrected chi connectivity index (χ4v) is 4.96. The topological polar surface area (TPSA) is 65.1 Å². The maximum absolute atomic E-state index is 15.1. The van der Waals surface area contributed by atoms with E-state index in [1.165, 1.54) is 23.9 Å². The number of hydrogen-bond donors (Lipinski definition) is 0. The summed E-state index contributed by atoms with van der Waals surface area (Å²) < 4.78 is 31.1. The van der Waals surface area contributed by atoms with E-state index in [2.05, 4.69) is 0 Å². The molecule has 158 valence electrons. The molecule has 2 aromatic rings. The highest BCUT2D eigenvalue weighted by Crippen LogP contribution is 2.44. The van der Waals surface area contributed by atoms with Crippen molar-refractivity contribution in [3.05, 3.63) is 69.7 Å². The molecule has 2 fully saturated rings. The van der Waals surface area contributed by atoms with Crippen LogP contribution in [0.4, 0.5) is 4.39 Å². The molecule has 4 rings (SSSR count). The number of benzene rings is 2. The van der Waals surface area contributed by atoms with Crippen LogP contribution in [0.3, 0.4) is 0 Å². The molecule has 0 radical (unpaired) electrons. The van der Waals surface area contributed by atoms with Gasteiger partial charge in [0, 0.05) is 10.0 Å². The number of alkyl halides is 1. The molecule has 0 saturated carbocycles. The second-order valence-corrected chi connectivity index (χ2v) is 9.23. The number of ether oxygens (including phenoxy) is 3. The van der Waals surface area contributed by atoms with Crippen molar-refractivity contribution in [2.75, 3.05) is 13.2 Å². The van der Waals surface area contributed by atoms with Crippen LogP contribution in [0.2, 0.25) is 10.0 Å². The molecule has 0 aliphatic carbocycles. The smallest absolute Gasteiger partial charge is 0.338 e. The normalized spacial score (nSPS) is 27.5. The Morgan fingerprint density at radius 3 is 2.07 bits per heavy atom. The van der Waals surface area contributed by atoms with Crippen molar-refractivity contribution < 1.29 is 28.2 Å². The van der Waals surface area contributed by atoms with Crippen molar-refractivity contribution in [1.82, 2.24) is 0 Å². The number of epoxide rings is 1. The summed E-state index contributed by atoms with van der Waals surface area (Å²) in [6.07, 6.45) is -2.72. The Balaban J connectivity index is 1.43. The van der Waals surface area contributed by atoms with Gasteiger partial charge in [-0.15, -0.1) is 11.8 Å². The SMILES string of the molecule is O=C(OC[C@H]1SC(C2CO2)[C@@H](F)[C@@H]1OC(=O)c1ccc(Cl)cc1)c1ccc(Cl)cc1. The van der Waals surface area contributed by atoms with Crippen LogP contribution in [0.1, 0.15) is 20.7 Å². The summed E-state index contributed by atoms with van der Waals surface area (Å²) in [6, 6.07) is 12.4. The first-order valence-electron chi connectivity index (χ1n) is 9.23. The first-order chi connectivity index (χ1) is 14.4. The first-order valence-corrected chi connectivity index (χ1v) is 10.9. The van der Waals surface area contributed by atoms with Crippen molar-refractivity contribution in [2.45, 2.75) is 28.9 Å². The van der Waals surface area contributed by atoms with Crippen molar-refractivity contribution in [1.29, 1.82) is 0 Å². The Labute approximate surface area is 186 Å². The Bertz CT molecular complexity index is 920. The van der Waals surface area contributed by atoms with E-state index in [0.717, 1.165) is 0 Å². The number of thioether (sulfide) groups is 1. The average Bonchev–Trinajstić information content (AvgIpc) is 3.53. The van der Waals surface area contributed by atoms with Gasteiger partial charge in [-0.1, -0.05) is 23.2 Å². The molecular weight excluding hydrogens is 454 g/mol. The Morgan fingerprint density at radius 2 is 1.53 bits per heavy atom. The summed E-state index contributed by atoms with van der Waals surface area (Å²) >= 11 is 12.9. The van der Waals surface area contributed by atoms with Gasteiger partial charge in [-0.25, -0.2) is 14.0 Å². The molecule has 0 spiro atoms. The summed E-state index contributed by atoms with van der Waals surface area (Å²) in [6.45, 7) is 0.363. The second kappa shape index (κ2) is 9.14. The number of esters is 2. The molecule has 30 heavy (non-hydrogen) atoms. The summed E-state index contributed by atoms with van der Waals surface area (Å²) in [5.41, 5.74) is 0.593. The highest BCUT2D eigenvalue weighted by molar-refractivity contribution is 8.01. The largest absolute Gasteiger partial charge is 0.461 e. The number of halogens is 3. The Morgan fingerprint density at radius 1 is 1.00 bits per heavy atom. The molecule has 5 nitrogen and oxygen atoms in total. The molecule has 2 aliphatic heterocycles. The zero-order valence-electron chi connectivity index (χ0n) is 15.5. The lowest BCUT2D eigenvalue weighted by atomic mass is 10.1. The summed E-state index contributed by atoms with van der Waals surface area (Å²) in [5.74, 6) is -1.22. The van der Waals surface area contributed by atoms with Crippen LogP contribution in [0, 0.1) is 0 Å². The van der Waals surface area contributed by atoms with Crippen molar-refractivity contribution in [2.24, 2.45) is 0 Å². The molecule has 0 bridgehead atoms. The number of rotatable bonds is 6. The average molecular weight is 471 g/mol. The van der Waals surface area contributed by atoms with Crippen molar-refractivity contribution in [3.8, 4) is 0 Å². The predicted molar refractivity (Wildman–Crippen MR) is 112 cm³/mol. The number of carbonyl (C=O) groups is 2. The molecule has 0 aromatic heterocycles. The zero-order chi connectivity index (χ0) is 21.3.